The molecule has 3 rings (SSSR count). The van der Waals surface area contributed by atoms with Gasteiger partial charge < -0.3 is 16.0 Å². The van der Waals surface area contributed by atoms with Gasteiger partial charge in [-0.25, -0.2) is 4.79 Å². The Morgan fingerprint density at radius 3 is 2.94 bits per heavy atom. The molecule has 0 spiro atoms. The number of anilines is 1. The lowest BCUT2D eigenvalue weighted by Gasteiger charge is -2.10. The number of aromatic amines is 1. The molecule has 0 atom stereocenters. The molecule has 2 amide bonds. The van der Waals surface area contributed by atoms with Gasteiger partial charge in [0.15, 0.2) is 0 Å². The molecule has 0 saturated carbocycles. The summed E-state index contributed by atoms with van der Waals surface area (Å²) < 4.78 is 0. The number of urea groups is 1. The predicted octanol–water partition coefficient (Wildman–Crippen LogP) is 2.54. The van der Waals surface area contributed by atoms with Crippen LogP contribution in [0.5, 0.6) is 0 Å². The number of nitrogens with two attached hydrogens (primary N) is 1. The van der Waals surface area contributed by atoms with Crippen LogP contribution >= 0.6 is 0 Å². The van der Waals surface area contributed by atoms with E-state index in [-0.39, 0.29) is 0 Å². The van der Waals surface area contributed by atoms with Crippen LogP contribution in [0.2, 0.25) is 0 Å². The SMILES string of the molecule is NC(=O)Nc1ccc2[nH]c3c(c2c1)CCCC3. The summed E-state index contributed by atoms with van der Waals surface area (Å²) in [4.78, 5) is 14.3. The van der Waals surface area contributed by atoms with Gasteiger partial charge in [-0.2, -0.15) is 0 Å². The number of nitrogens with one attached hydrogen (secondary N) is 2. The molecule has 4 nitrogen and oxygen atoms in total. The smallest absolute Gasteiger partial charge is 0.316 e. The lowest BCUT2D eigenvalue weighted by Crippen LogP contribution is -2.19. The first-order valence-electron chi connectivity index (χ1n) is 5.94. The lowest BCUT2D eigenvalue weighted by molar-refractivity contribution is 0.259. The third-order valence-electron chi connectivity index (χ3n) is 3.37. The van der Waals surface area contributed by atoms with E-state index in [2.05, 4.69) is 10.3 Å². The van der Waals surface area contributed by atoms with E-state index in [1.165, 1.54) is 29.5 Å². The maximum absolute atomic E-state index is 10.8. The number of hydrogen-bond donors (Lipinski definition) is 3. The van der Waals surface area contributed by atoms with Crippen molar-refractivity contribution in [3.05, 3.63) is 29.5 Å². The van der Waals surface area contributed by atoms with Crippen LogP contribution in [0.1, 0.15) is 24.1 Å². The van der Waals surface area contributed by atoms with Gasteiger partial charge in [0.05, 0.1) is 0 Å². The summed E-state index contributed by atoms with van der Waals surface area (Å²) in [6.07, 6.45) is 4.75. The molecule has 0 unspecified atom stereocenters. The second-order valence-corrected chi connectivity index (χ2v) is 4.54. The third-order valence-corrected chi connectivity index (χ3v) is 3.37. The second kappa shape index (κ2) is 3.80. The maximum Gasteiger partial charge on any atom is 0.316 e. The second-order valence-electron chi connectivity index (χ2n) is 4.54. The Balaban J connectivity index is 2.11. The Kier molecular flexibility index (Phi) is 2.28. The number of hydrogen-bond acceptors (Lipinski definition) is 1. The Labute approximate surface area is 99.2 Å². The number of aromatic nitrogens is 1. The number of H-pyrrole nitrogens is 1. The monoisotopic (exact) mass is 229 g/mol. The van der Waals surface area contributed by atoms with Gasteiger partial charge in [-0.15, -0.1) is 0 Å². The molecule has 0 saturated heterocycles. The third kappa shape index (κ3) is 1.75. The van der Waals surface area contributed by atoms with Crippen LogP contribution in [-0.4, -0.2) is 11.0 Å². The molecule has 4 N–H and O–H groups in total. The lowest BCUT2D eigenvalue weighted by atomic mass is 9.95. The topological polar surface area (TPSA) is 70.9 Å². The Morgan fingerprint density at radius 1 is 1.29 bits per heavy atom. The maximum atomic E-state index is 10.8. The summed E-state index contributed by atoms with van der Waals surface area (Å²) in [5, 5.41) is 3.83. The highest BCUT2D eigenvalue weighted by molar-refractivity contribution is 5.93. The van der Waals surface area contributed by atoms with Crippen molar-refractivity contribution in [2.75, 3.05) is 5.32 Å². The normalized spacial score (nSPS) is 14.6. The number of benzene rings is 1. The van der Waals surface area contributed by atoms with Crippen LogP contribution < -0.4 is 11.1 Å². The zero-order chi connectivity index (χ0) is 11.8. The summed E-state index contributed by atoms with van der Waals surface area (Å²) in [6.45, 7) is 0. The molecule has 1 heterocycles. The highest BCUT2D eigenvalue weighted by Gasteiger charge is 2.15. The fourth-order valence-electron chi connectivity index (χ4n) is 2.63. The summed E-state index contributed by atoms with van der Waals surface area (Å²) in [6, 6.07) is 5.35. The first-order valence-corrected chi connectivity index (χ1v) is 5.94. The Morgan fingerprint density at radius 2 is 2.12 bits per heavy atom. The van der Waals surface area contributed by atoms with Crippen molar-refractivity contribution < 1.29 is 4.79 Å². The highest BCUT2D eigenvalue weighted by Crippen LogP contribution is 2.30. The highest BCUT2D eigenvalue weighted by atomic mass is 16.2. The molecule has 88 valence electrons. The van der Waals surface area contributed by atoms with E-state index < -0.39 is 6.03 Å². The van der Waals surface area contributed by atoms with Crippen LogP contribution in [0.4, 0.5) is 10.5 Å². The minimum atomic E-state index is -0.520. The van der Waals surface area contributed by atoms with E-state index in [1.807, 2.05) is 18.2 Å². The summed E-state index contributed by atoms with van der Waals surface area (Å²) in [5.41, 5.74) is 9.78. The van der Waals surface area contributed by atoms with Gasteiger partial charge in [0.2, 0.25) is 0 Å². The average molecular weight is 229 g/mol. The van der Waals surface area contributed by atoms with E-state index in [0.717, 1.165) is 24.0 Å². The number of amides is 2. The van der Waals surface area contributed by atoms with E-state index in [0.29, 0.717) is 0 Å². The predicted molar refractivity (Wildman–Crippen MR) is 68.1 cm³/mol. The van der Waals surface area contributed by atoms with Gasteiger partial charge in [-0.05, 0) is 49.4 Å². The standard InChI is InChI=1S/C13H15N3O/c14-13(17)15-8-5-6-12-10(7-8)9-3-1-2-4-11(9)16-12/h5-7,16H,1-4H2,(H3,14,15,17). The zero-order valence-electron chi connectivity index (χ0n) is 9.55. The van der Waals surface area contributed by atoms with Crippen molar-refractivity contribution in [3.63, 3.8) is 0 Å². The van der Waals surface area contributed by atoms with E-state index >= 15 is 0 Å². The molecule has 0 bridgehead atoms. The Bertz CT molecular complexity index is 586. The van der Waals surface area contributed by atoms with Gasteiger partial charge >= 0.3 is 6.03 Å². The van der Waals surface area contributed by atoms with Gasteiger partial charge in [0.25, 0.3) is 0 Å². The fourth-order valence-corrected chi connectivity index (χ4v) is 2.63. The molecule has 17 heavy (non-hydrogen) atoms. The van der Waals surface area contributed by atoms with Crippen molar-refractivity contribution in [2.45, 2.75) is 25.7 Å². The quantitative estimate of drug-likeness (QED) is 0.691. The fraction of sp³-hybridized carbons (Fsp3) is 0.308. The first kappa shape index (κ1) is 10.2. The van der Waals surface area contributed by atoms with Crippen LogP contribution in [0.25, 0.3) is 10.9 Å². The van der Waals surface area contributed by atoms with Crippen LogP contribution in [0.15, 0.2) is 18.2 Å². The van der Waals surface area contributed by atoms with Crippen molar-refractivity contribution in [3.8, 4) is 0 Å². The van der Waals surface area contributed by atoms with Crippen LogP contribution in [0, 0.1) is 0 Å². The number of carbonyl (C=O) groups is 1. The molecule has 0 radical (unpaired) electrons. The number of rotatable bonds is 1. The number of primary amides is 1. The summed E-state index contributed by atoms with van der Waals surface area (Å²) in [7, 11) is 0. The van der Waals surface area contributed by atoms with E-state index in [1.54, 1.807) is 0 Å². The van der Waals surface area contributed by atoms with Crippen molar-refractivity contribution in [2.24, 2.45) is 5.73 Å². The minimum absolute atomic E-state index is 0.520. The molecule has 0 fully saturated rings. The number of aryl methyl sites for hydroxylation is 2. The summed E-state index contributed by atoms with van der Waals surface area (Å²) >= 11 is 0. The van der Waals surface area contributed by atoms with Gasteiger partial charge in [-0.1, -0.05) is 0 Å². The minimum Gasteiger partial charge on any atom is -0.358 e. The molecule has 2 aromatic rings. The summed E-state index contributed by atoms with van der Waals surface area (Å²) in [5.74, 6) is 0. The van der Waals surface area contributed by atoms with E-state index in [4.69, 9.17) is 5.73 Å². The number of carbonyl (C=O) groups excluding carboxylic acids is 1. The van der Waals surface area contributed by atoms with Crippen LogP contribution in [-0.2, 0) is 12.8 Å². The van der Waals surface area contributed by atoms with Gasteiger partial charge in [0, 0.05) is 22.3 Å². The van der Waals surface area contributed by atoms with Crippen molar-refractivity contribution >= 4 is 22.6 Å². The average Bonchev–Trinajstić information content (AvgIpc) is 2.66. The molecular formula is C13H15N3O. The first-order chi connectivity index (χ1) is 8.24. The van der Waals surface area contributed by atoms with Crippen molar-refractivity contribution in [1.82, 2.24) is 4.98 Å². The molecule has 1 aromatic carbocycles. The largest absolute Gasteiger partial charge is 0.358 e. The molecule has 1 aliphatic carbocycles. The molecule has 4 heteroatoms. The molecule has 0 aliphatic heterocycles. The molecular weight excluding hydrogens is 214 g/mol. The van der Waals surface area contributed by atoms with Gasteiger partial charge in [0.1, 0.15) is 0 Å². The molecule has 1 aromatic heterocycles. The van der Waals surface area contributed by atoms with Crippen molar-refractivity contribution in [1.29, 1.82) is 0 Å². The zero-order valence-corrected chi connectivity index (χ0v) is 9.55. The van der Waals surface area contributed by atoms with Gasteiger partial charge in [-0.3, -0.25) is 0 Å². The molecule has 1 aliphatic rings. The Hall–Kier alpha value is -1.97. The van der Waals surface area contributed by atoms with E-state index in [9.17, 15) is 4.79 Å². The van der Waals surface area contributed by atoms with Crippen LogP contribution in [0.3, 0.4) is 0 Å². The number of fused-ring (bicyclic) bond motifs is 3.